The molecule has 6 aliphatic rings. The van der Waals surface area contributed by atoms with Crippen LogP contribution in [0.25, 0.3) is 33.5 Å². The van der Waals surface area contributed by atoms with Gasteiger partial charge in [0, 0.05) is 175 Å². The number of fused-ring (bicyclic) bond motifs is 1. The van der Waals surface area contributed by atoms with Gasteiger partial charge in [0.1, 0.15) is 12.4 Å². The molecule has 0 saturated carbocycles. The fourth-order valence-electron chi connectivity index (χ4n) is 14.2. The average molecular weight is 1360 g/mol. The molecule has 0 unspecified atom stereocenters. The molecule has 0 spiro atoms. The summed E-state index contributed by atoms with van der Waals surface area (Å²) in [6, 6.07) is 46.8. The van der Waals surface area contributed by atoms with E-state index in [1.165, 1.54) is 127 Å². The summed E-state index contributed by atoms with van der Waals surface area (Å²) in [5, 5.41) is 7.48. The molecular formula is C78H101Cl2N13O4. The zero-order valence-corrected chi connectivity index (χ0v) is 59.1. The smallest absolute Gasteiger partial charge is 0.162 e. The first-order chi connectivity index (χ1) is 47.7. The van der Waals surface area contributed by atoms with Gasteiger partial charge >= 0.3 is 0 Å². The Morgan fingerprint density at radius 2 is 0.835 bits per heavy atom. The zero-order valence-electron chi connectivity index (χ0n) is 57.6. The third-order valence-electron chi connectivity index (χ3n) is 20.1. The van der Waals surface area contributed by atoms with Gasteiger partial charge in [0.05, 0.1) is 39.1 Å². The number of hydrogen-bond acceptors (Lipinski definition) is 16. The van der Waals surface area contributed by atoms with Gasteiger partial charge in [-0.3, -0.25) is 29.2 Å². The molecule has 6 saturated heterocycles. The summed E-state index contributed by atoms with van der Waals surface area (Å²) >= 11 is 12.1. The Labute approximate surface area is 586 Å². The lowest BCUT2D eigenvalue weighted by molar-refractivity contribution is 0.117. The fourth-order valence-corrected chi connectivity index (χ4v) is 14.5. The lowest BCUT2D eigenvalue weighted by atomic mass is 10.1. The van der Waals surface area contributed by atoms with Crippen molar-refractivity contribution in [2.75, 3.05) is 183 Å². The molecule has 0 atom stereocenters. The van der Waals surface area contributed by atoms with Crippen LogP contribution in [0.2, 0.25) is 10.0 Å². The van der Waals surface area contributed by atoms with E-state index in [1.54, 1.807) is 21.3 Å². The number of hydrogen-bond donors (Lipinski definition) is 0. The first kappa shape index (κ1) is 70.0. The summed E-state index contributed by atoms with van der Waals surface area (Å²) in [6.45, 7) is 31.2. The van der Waals surface area contributed by atoms with Crippen LogP contribution >= 0.6 is 23.2 Å². The molecular weight excluding hydrogens is 1250 g/mol. The molecule has 516 valence electrons. The molecule has 8 aromatic rings. The summed E-state index contributed by atoms with van der Waals surface area (Å²) < 4.78 is 24.8. The first-order valence-electron chi connectivity index (χ1n) is 35.6. The van der Waals surface area contributed by atoms with Crippen LogP contribution in [0.15, 0.2) is 146 Å². The van der Waals surface area contributed by atoms with Crippen LogP contribution in [0.5, 0.6) is 23.0 Å². The monoisotopic (exact) mass is 1350 g/mol. The zero-order chi connectivity index (χ0) is 66.6. The van der Waals surface area contributed by atoms with E-state index < -0.39 is 0 Å². The van der Waals surface area contributed by atoms with Crippen LogP contribution < -0.4 is 23.8 Å². The van der Waals surface area contributed by atoms with E-state index in [9.17, 15) is 0 Å². The summed E-state index contributed by atoms with van der Waals surface area (Å²) in [5.41, 5.74) is 8.98. The third kappa shape index (κ3) is 20.2. The van der Waals surface area contributed by atoms with Gasteiger partial charge in [-0.15, -0.1) is 0 Å². The Morgan fingerprint density at radius 1 is 0.381 bits per heavy atom. The van der Waals surface area contributed by atoms with Crippen LogP contribution in [0.4, 0.5) is 5.82 Å². The minimum atomic E-state index is 0.492. The Balaban J connectivity index is 0.000000139. The Kier molecular flexibility index (Phi) is 25.8. The van der Waals surface area contributed by atoms with Crippen molar-refractivity contribution in [3.8, 4) is 45.6 Å². The summed E-state index contributed by atoms with van der Waals surface area (Å²) in [4.78, 5) is 33.1. The maximum absolute atomic E-state index is 6.15. The molecule has 19 heteroatoms. The predicted octanol–water partition coefficient (Wildman–Crippen LogP) is 12.1. The van der Waals surface area contributed by atoms with E-state index >= 15 is 0 Å². The standard InChI is InChI=1S/C27H34ClN5.C26H33N5O2.C25H34ClN3O2/c28-26-10-8-24(9-11-26)27-25(22-33(29-27)20-23-6-2-1-3-7-23)21-32-18-16-31(17-19-32)15-14-30-12-4-5-13-30;1-32-23-18-21-22(19-24(23)33-2)27-25(20-8-4-3-5-9-20)28-26(21)31-16-14-30(15-17-31)13-12-29-10-6-7-11-29;1-30-25-18-22(6-9-24(25)31-20-21-4-7-23(26)8-5-21)19-29-16-14-28(15-17-29)13-12-27-10-2-3-11-27/h1-3,6-11,22H,4-5,12-21H2;3-5,8-9,18-19H,6-7,10-17H2,1-2H3;4-9,18H,2-3,10-17,19-20H2,1H3. The molecule has 0 N–H and O–H groups in total. The van der Waals surface area contributed by atoms with Crippen molar-refractivity contribution in [3.63, 3.8) is 0 Å². The lowest BCUT2D eigenvalue weighted by Gasteiger charge is -2.36. The van der Waals surface area contributed by atoms with Crippen molar-refractivity contribution < 1.29 is 18.9 Å². The predicted molar refractivity (Wildman–Crippen MR) is 394 cm³/mol. The van der Waals surface area contributed by atoms with Gasteiger partial charge in [0.25, 0.3) is 0 Å². The Morgan fingerprint density at radius 3 is 1.37 bits per heavy atom. The second kappa shape index (κ2) is 35.8. The van der Waals surface area contributed by atoms with E-state index in [2.05, 4.69) is 122 Å². The van der Waals surface area contributed by atoms with Crippen LogP contribution in [0.1, 0.15) is 60.8 Å². The lowest BCUT2D eigenvalue weighted by Crippen LogP contribution is -2.48. The van der Waals surface area contributed by atoms with Gasteiger partial charge in [-0.05, 0) is 137 Å². The van der Waals surface area contributed by atoms with E-state index in [-0.39, 0.29) is 0 Å². The molecule has 6 fully saturated rings. The molecule has 0 bridgehead atoms. The summed E-state index contributed by atoms with van der Waals surface area (Å²) in [7, 11) is 5.03. The Bertz CT molecular complexity index is 3660. The highest BCUT2D eigenvalue weighted by atomic mass is 35.5. The number of methoxy groups -OCH3 is 3. The molecule has 0 radical (unpaired) electrons. The molecule has 8 heterocycles. The molecule has 6 aromatic carbocycles. The van der Waals surface area contributed by atoms with Gasteiger partial charge in [0.2, 0.25) is 0 Å². The van der Waals surface area contributed by atoms with Gasteiger partial charge in [-0.1, -0.05) is 114 Å². The molecule has 0 amide bonds. The number of rotatable bonds is 24. The van der Waals surface area contributed by atoms with E-state index in [0.29, 0.717) is 18.1 Å². The molecule has 97 heavy (non-hydrogen) atoms. The number of aromatic nitrogens is 4. The number of halogens is 2. The van der Waals surface area contributed by atoms with Crippen molar-refractivity contribution in [3.05, 3.63) is 178 Å². The Hall–Kier alpha value is -6.87. The highest BCUT2D eigenvalue weighted by Crippen LogP contribution is 2.37. The number of nitrogens with zero attached hydrogens (tertiary/aromatic N) is 13. The van der Waals surface area contributed by atoms with Gasteiger partial charge < -0.3 is 38.5 Å². The summed E-state index contributed by atoms with van der Waals surface area (Å²) in [5.74, 6) is 4.65. The number of likely N-dealkylation sites (tertiary alicyclic amines) is 3. The number of benzene rings is 6. The molecule has 2 aromatic heterocycles. The van der Waals surface area contributed by atoms with Crippen LogP contribution in [0, 0.1) is 0 Å². The normalized spacial score (nSPS) is 18.1. The molecule has 17 nitrogen and oxygen atoms in total. The van der Waals surface area contributed by atoms with Gasteiger partial charge in [-0.25, -0.2) is 9.97 Å². The highest BCUT2D eigenvalue weighted by Gasteiger charge is 2.26. The quantitative estimate of drug-likeness (QED) is 0.0572. The number of anilines is 1. The topological polar surface area (TPSA) is 110 Å². The van der Waals surface area contributed by atoms with Gasteiger partial charge in [-0.2, -0.15) is 5.10 Å². The fraction of sp³-hybridized carbons (Fsp3) is 0.474. The minimum absolute atomic E-state index is 0.492. The molecule has 0 aliphatic carbocycles. The number of ether oxygens (including phenoxy) is 4. The minimum Gasteiger partial charge on any atom is -0.493 e. The van der Waals surface area contributed by atoms with Gasteiger partial charge in [0.15, 0.2) is 28.8 Å². The van der Waals surface area contributed by atoms with Crippen LogP contribution in [-0.2, 0) is 26.2 Å². The molecule has 14 rings (SSSR count). The second-order valence-electron chi connectivity index (χ2n) is 26.8. The average Bonchev–Trinajstić information content (AvgIpc) is 1.49. The maximum atomic E-state index is 6.15. The largest absolute Gasteiger partial charge is 0.493 e. The first-order valence-corrected chi connectivity index (χ1v) is 36.4. The van der Waals surface area contributed by atoms with Crippen molar-refractivity contribution in [2.45, 2.75) is 64.8 Å². The van der Waals surface area contributed by atoms with E-state index in [0.717, 1.165) is 171 Å². The molecule has 6 aliphatic heterocycles. The van der Waals surface area contributed by atoms with Crippen molar-refractivity contribution in [1.29, 1.82) is 0 Å². The van der Waals surface area contributed by atoms with E-state index in [4.69, 9.17) is 57.2 Å². The second-order valence-corrected chi connectivity index (χ2v) is 27.6. The van der Waals surface area contributed by atoms with Crippen LogP contribution in [0.3, 0.4) is 0 Å². The highest BCUT2D eigenvalue weighted by molar-refractivity contribution is 6.30. The van der Waals surface area contributed by atoms with Crippen molar-refractivity contribution >= 4 is 39.9 Å². The number of piperazine rings is 3. The summed E-state index contributed by atoms with van der Waals surface area (Å²) in [6.07, 6.45) is 10.4. The maximum Gasteiger partial charge on any atom is 0.162 e. The van der Waals surface area contributed by atoms with Crippen LogP contribution in [-0.4, -0.2) is 237 Å². The van der Waals surface area contributed by atoms with Crippen molar-refractivity contribution in [2.24, 2.45) is 0 Å². The van der Waals surface area contributed by atoms with Crippen molar-refractivity contribution in [1.82, 2.24) is 58.9 Å². The van der Waals surface area contributed by atoms with E-state index in [1.807, 2.05) is 72.8 Å². The third-order valence-corrected chi connectivity index (χ3v) is 20.6. The SMILES string of the molecule is COc1cc(CN2CCN(CCN3CCCC3)CC2)ccc1OCc1ccc(Cl)cc1.COc1cc2nc(-c3ccccc3)nc(N3CCN(CCN4CCCC4)CC3)c2cc1OC.Clc1ccc(-c2nn(Cc3ccccc3)cc2CN2CCN(CCN3CCCC3)CC2)cc1.